The summed E-state index contributed by atoms with van der Waals surface area (Å²) in [6, 6.07) is 9.37. The van der Waals surface area contributed by atoms with Gasteiger partial charge in [-0.25, -0.2) is 0 Å². The Hall–Kier alpha value is -2.21. The number of carbonyl (C=O) groups is 1. The van der Waals surface area contributed by atoms with Gasteiger partial charge in [0.25, 0.3) is 5.91 Å². The van der Waals surface area contributed by atoms with E-state index in [1.54, 1.807) is 4.90 Å². The van der Waals surface area contributed by atoms with Crippen molar-refractivity contribution in [3.8, 4) is 0 Å². The van der Waals surface area contributed by atoms with Crippen molar-refractivity contribution < 1.29 is 18.0 Å². The fraction of sp³-hybridized carbons (Fsp3) is 0.381. The van der Waals surface area contributed by atoms with Crippen molar-refractivity contribution in [1.82, 2.24) is 4.90 Å². The predicted molar refractivity (Wildman–Crippen MR) is 103 cm³/mol. The lowest BCUT2D eigenvalue weighted by atomic mass is 9.87. The summed E-state index contributed by atoms with van der Waals surface area (Å²) in [5, 5.41) is 0.113. The summed E-state index contributed by atoms with van der Waals surface area (Å²) in [4.78, 5) is 16.2. The number of rotatable bonds is 2. The Morgan fingerprint density at radius 2 is 1.93 bits per heavy atom. The molecule has 2 aliphatic rings. The molecule has 1 fully saturated rings. The highest BCUT2D eigenvalue weighted by atomic mass is 35.5. The Morgan fingerprint density at radius 1 is 1.14 bits per heavy atom. The molecule has 4 rings (SSSR count). The van der Waals surface area contributed by atoms with E-state index in [-0.39, 0.29) is 16.8 Å². The zero-order valence-corrected chi connectivity index (χ0v) is 16.1. The third-order valence-electron chi connectivity index (χ3n) is 5.73. The summed E-state index contributed by atoms with van der Waals surface area (Å²) in [6.45, 7) is 2.09. The molecule has 1 amide bonds. The molecule has 2 aliphatic heterocycles. The summed E-state index contributed by atoms with van der Waals surface area (Å²) in [6.07, 6.45) is -2.71. The van der Waals surface area contributed by atoms with Crippen LogP contribution in [0.25, 0.3) is 0 Å². The first-order chi connectivity index (χ1) is 13.3. The van der Waals surface area contributed by atoms with Gasteiger partial charge in [-0.3, -0.25) is 4.79 Å². The maximum atomic E-state index is 12.9. The second kappa shape index (κ2) is 6.99. The van der Waals surface area contributed by atoms with Crippen LogP contribution in [0.2, 0.25) is 5.02 Å². The molecule has 0 spiro atoms. The lowest BCUT2D eigenvalue weighted by Crippen LogP contribution is -2.35. The normalized spacial score (nSPS) is 19.9. The molecule has 0 aromatic heterocycles. The largest absolute Gasteiger partial charge is 0.416 e. The maximum absolute atomic E-state index is 12.9. The Labute approximate surface area is 166 Å². The molecule has 0 bridgehead atoms. The van der Waals surface area contributed by atoms with Crippen LogP contribution in [0.5, 0.6) is 0 Å². The van der Waals surface area contributed by atoms with Gasteiger partial charge in [0.05, 0.1) is 16.3 Å². The topological polar surface area (TPSA) is 23.6 Å². The van der Waals surface area contributed by atoms with Crippen LogP contribution in [0.3, 0.4) is 0 Å². The minimum atomic E-state index is -4.40. The van der Waals surface area contributed by atoms with Gasteiger partial charge in [0.15, 0.2) is 0 Å². The molecular weight excluding hydrogens is 389 g/mol. The molecule has 0 N–H and O–H groups in total. The highest BCUT2D eigenvalue weighted by Crippen LogP contribution is 2.39. The van der Waals surface area contributed by atoms with Gasteiger partial charge >= 0.3 is 6.18 Å². The molecule has 3 nitrogen and oxygen atoms in total. The van der Waals surface area contributed by atoms with E-state index in [0.717, 1.165) is 36.1 Å². The average Bonchev–Trinajstić information content (AvgIpc) is 3.13. The van der Waals surface area contributed by atoms with Crippen LogP contribution in [-0.2, 0) is 12.6 Å². The van der Waals surface area contributed by atoms with E-state index < -0.39 is 11.7 Å². The number of likely N-dealkylation sites (N-methyl/N-ethyl adjacent to an activating group) is 1. The SMILES string of the molecule is CN1CCc2c(cccc2C2CCN(c3ccc(C(F)(F)F)cc3Cl)C2)C1=O. The zero-order valence-electron chi connectivity index (χ0n) is 15.4. The quantitative estimate of drug-likeness (QED) is 0.699. The van der Waals surface area contributed by atoms with Crippen LogP contribution in [0, 0.1) is 0 Å². The van der Waals surface area contributed by atoms with Crippen molar-refractivity contribution in [2.45, 2.75) is 24.9 Å². The minimum absolute atomic E-state index is 0.0451. The number of nitrogens with zero attached hydrogens (tertiary/aromatic N) is 2. The third kappa shape index (κ3) is 3.34. The first-order valence-electron chi connectivity index (χ1n) is 9.24. The van der Waals surface area contributed by atoms with Gasteiger partial charge in [-0.1, -0.05) is 23.7 Å². The summed E-state index contributed by atoms with van der Waals surface area (Å²) in [5.74, 6) is 0.272. The molecule has 148 valence electrons. The molecule has 1 atom stereocenters. The molecule has 7 heteroatoms. The number of carbonyl (C=O) groups excluding carboxylic acids is 1. The molecule has 2 heterocycles. The van der Waals surface area contributed by atoms with E-state index in [0.29, 0.717) is 25.3 Å². The molecule has 0 aliphatic carbocycles. The zero-order chi connectivity index (χ0) is 20.1. The highest BCUT2D eigenvalue weighted by Gasteiger charge is 2.33. The monoisotopic (exact) mass is 408 g/mol. The minimum Gasteiger partial charge on any atom is -0.370 e. The van der Waals surface area contributed by atoms with Gasteiger partial charge in [-0.05, 0) is 48.2 Å². The van der Waals surface area contributed by atoms with Crippen LogP contribution < -0.4 is 4.90 Å². The molecular formula is C21H20ClF3N2O. The van der Waals surface area contributed by atoms with E-state index in [4.69, 9.17) is 11.6 Å². The molecule has 28 heavy (non-hydrogen) atoms. The summed E-state index contributed by atoms with van der Waals surface area (Å²) in [5.41, 5.74) is 2.92. The van der Waals surface area contributed by atoms with E-state index in [1.807, 2.05) is 24.1 Å². The lowest BCUT2D eigenvalue weighted by Gasteiger charge is -2.28. The number of anilines is 1. The van der Waals surface area contributed by atoms with Gasteiger partial charge in [-0.2, -0.15) is 13.2 Å². The fourth-order valence-electron chi connectivity index (χ4n) is 4.23. The number of alkyl halides is 3. The molecule has 1 saturated heterocycles. The van der Waals surface area contributed by atoms with Crippen LogP contribution in [0.1, 0.15) is 39.4 Å². The standard InChI is InChI=1S/C21H20ClF3N2O/c1-26-9-8-16-15(3-2-4-17(16)20(26)28)13-7-10-27(12-13)19-6-5-14(11-18(19)22)21(23,24)25/h2-6,11,13H,7-10,12H2,1H3. The van der Waals surface area contributed by atoms with Gasteiger partial charge < -0.3 is 9.80 Å². The summed E-state index contributed by atoms with van der Waals surface area (Å²) < 4.78 is 38.6. The number of benzene rings is 2. The van der Waals surface area contributed by atoms with E-state index >= 15 is 0 Å². The van der Waals surface area contributed by atoms with Crippen molar-refractivity contribution in [3.05, 3.63) is 63.7 Å². The second-order valence-corrected chi connectivity index (χ2v) is 7.85. The van der Waals surface area contributed by atoms with Crippen LogP contribution in [0.15, 0.2) is 36.4 Å². The first-order valence-corrected chi connectivity index (χ1v) is 9.62. The fourth-order valence-corrected chi connectivity index (χ4v) is 4.53. The van der Waals surface area contributed by atoms with Gasteiger partial charge in [0.1, 0.15) is 0 Å². The number of hydrogen-bond donors (Lipinski definition) is 0. The van der Waals surface area contributed by atoms with E-state index in [2.05, 4.69) is 6.07 Å². The molecule has 1 unspecified atom stereocenters. The van der Waals surface area contributed by atoms with Crippen molar-refractivity contribution in [1.29, 1.82) is 0 Å². The highest BCUT2D eigenvalue weighted by molar-refractivity contribution is 6.33. The number of fused-ring (bicyclic) bond motifs is 1. The number of amides is 1. The van der Waals surface area contributed by atoms with Gasteiger partial charge in [0, 0.05) is 38.2 Å². The van der Waals surface area contributed by atoms with Crippen LogP contribution in [0.4, 0.5) is 18.9 Å². The Morgan fingerprint density at radius 3 is 2.64 bits per heavy atom. The average molecular weight is 409 g/mol. The Kier molecular flexibility index (Phi) is 4.78. The molecule has 2 aromatic rings. The predicted octanol–water partition coefficient (Wildman–Crippen LogP) is 4.98. The van der Waals surface area contributed by atoms with Crippen molar-refractivity contribution in [3.63, 3.8) is 0 Å². The summed E-state index contributed by atoms with van der Waals surface area (Å²) in [7, 11) is 1.81. The Bertz CT molecular complexity index is 928. The summed E-state index contributed by atoms with van der Waals surface area (Å²) >= 11 is 6.17. The van der Waals surface area contributed by atoms with Crippen molar-refractivity contribution >= 4 is 23.2 Å². The van der Waals surface area contributed by atoms with Gasteiger partial charge in [-0.15, -0.1) is 0 Å². The smallest absolute Gasteiger partial charge is 0.370 e. The van der Waals surface area contributed by atoms with Crippen LogP contribution in [-0.4, -0.2) is 37.5 Å². The molecule has 2 aromatic carbocycles. The van der Waals surface area contributed by atoms with Crippen molar-refractivity contribution in [2.75, 3.05) is 31.6 Å². The Balaban J connectivity index is 1.58. The number of hydrogen-bond acceptors (Lipinski definition) is 2. The maximum Gasteiger partial charge on any atom is 0.416 e. The van der Waals surface area contributed by atoms with Gasteiger partial charge in [0.2, 0.25) is 0 Å². The molecule has 0 radical (unpaired) electrons. The third-order valence-corrected chi connectivity index (χ3v) is 6.03. The lowest BCUT2D eigenvalue weighted by molar-refractivity contribution is -0.137. The van der Waals surface area contributed by atoms with E-state index in [1.165, 1.54) is 11.6 Å². The van der Waals surface area contributed by atoms with E-state index in [9.17, 15) is 18.0 Å². The van der Waals surface area contributed by atoms with Crippen LogP contribution >= 0.6 is 11.6 Å². The molecule has 0 saturated carbocycles. The number of halogens is 4. The first kappa shape index (κ1) is 19.1. The second-order valence-electron chi connectivity index (χ2n) is 7.45. The van der Waals surface area contributed by atoms with Crippen molar-refractivity contribution in [2.24, 2.45) is 0 Å².